The van der Waals surface area contributed by atoms with E-state index in [4.69, 9.17) is 0 Å². The third-order valence-electron chi connectivity index (χ3n) is 2.90. The van der Waals surface area contributed by atoms with Crippen molar-refractivity contribution in [3.63, 3.8) is 0 Å². The first-order valence-electron chi connectivity index (χ1n) is 6.45. The van der Waals surface area contributed by atoms with Crippen LogP contribution in [-0.2, 0) is 0 Å². The van der Waals surface area contributed by atoms with Gasteiger partial charge in [0.05, 0.1) is 16.8 Å². The van der Waals surface area contributed by atoms with Crippen molar-refractivity contribution in [1.29, 1.82) is 0 Å². The summed E-state index contributed by atoms with van der Waals surface area (Å²) in [6.45, 7) is 0. The predicted octanol–water partition coefficient (Wildman–Crippen LogP) is 2.61. The third-order valence-corrected chi connectivity index (χ3v) is 3.81. The Morgan fingerprint density at radius 3 is 2.95 bits per heavy atom. The minimum Gasteiger partial charge on any atom is -0.507 e. The number of phenolic OH excluding ortho intramolecular Hbond substituents is 1. The first-order valence-corrected chi connectivity index (χ1v) is 7.32. The number of phenols is 1. The minimum absolute atomic E-state index is 0.0975. The standard InChI is InChI=1S/C15H12N4O2S/c20-13-5-2-1-4-10(13)9-16-19-15(21)12-8-11(17-18-12)14-6-3-7-22-14/h1-9,20H,(H,17,18)(H,19,21)/b16-9+. The zero-order valence-corrected chi connectivity index (χ0v) is 12.2. The number of carbonyl (C=O) groups excluding carboxylic acids is 1. The van der Waals surface area contributed by atoms with E-state index in [9.17, 15) is 9.90 Å². The van der Waals surface area contributed by atoms with Crippen molar-refractivity contribution in [1.82, 2.24) is 15.6 Å². The highest BCUT2D eigenvalue weighted by Gasteiger charge is 2.11. The second-order valence-electron chi connectivity index (χ2n) is 4.40. The van der Waals surface area contributed by atoms with Gasteiger partial charge >= 0.3 is 0 Å². The number of para-hydroxylation sites is 1. The largest absolute Gasteiger partial charge is 0.507 e. The number of rotatable bonds is 4. The van der Waals surface area contributed by atoms with Gasteiger partial charge in [0.2, 0.25) is 0 Å². The Balaban J connectivity index is 1.67. The molecule has 0 fully saturated rings. The lowest BCUT2D eigenvalue weighted by Crippen LogP contribution is -2.18. The van der Waals surface area contributed by atoms with Crippen LogP contribution in [0.5, 0.6) is 5.75 Å². The number of carbonyl (C=O) groups is 1. The molecule has 1 amide bonds. The number of aromatic nitrogens is 2. The number of aromatic hydroxyl groups is 1. The van der Waals surface area contributed by atoms with Crippen LogP contribution in [0.3, 0.4) is 0 Å². The molecule has 0 aliphatic rings. The number of hydrazone groups is 1. The summed E-state index contributed by atoms with van der Waals surface area (Å²) < 4.78 is 0. The molecule has 0 saturated carbocycles. The molecule has 0 unspecified atom stereocenters. The number of hydrogen-bond acceptors (Lipinski definition) is 5. The van der Waals surface area contributed by atoms with Gasteiger partial charge in [-0.25, -0.2) is 5.43 Å². The van der Waals surface area contributed by atoms with Gasteiger partial charge in [0.25, 0.3) is 5.91 Å². The molecule has 3 aromatic rings. The van der Waals surface area contributed by atoms with E-state index in [0.717, 1.165) is 10.6 Å². The molecule has 0 spiro atoms. The maximum atomic E-state index is 11.9. The van der Waals surface area contributed by atoms with Crippen LogP contribution >= 0.6 is 11.3 Å². The highest BCUT2D eigenvalue weighted by atomic mass is 32.1. The summed E-state index contributed by atoms with van der Waals surface area (Å²) in [6.07, 6.45) is 1.38. The lowest BCUT2D eigenvalue weighted by Gasteiger charge is -1.97. The zero-order valence-electron chi connectivity index (χ0n) is 11.4. The number of H-pyrrole nitrogens is 1. The maximum absolute atomic E-state index is 11.9. The lowest BCUT2D eigenvalue weighted by atomic mass is 10.2. The van der Waals surface area contributed by atoms with Crippen LogP contribution in [0.25, 0.3) is 10.6 Å². The van der Waals surface area contributed by atoms with E-state index in [0.29, 0.717) is 5.56 Å². The highest BCUT2D eigenvalue weighted by molar-refractivity contribution is 7.13. The van der Waals surface area contributed by atoms with E-state index in [1.807, 2.05) is 17.5 Å². The molecule has 7 heteroatoms. The smallest absolute Gasteiger partial charge is 0.291 e. The summed E-state index contributed by atoms with van der Waals surface area (Å²) >= 11 is 1.56. The SMILES string of the molecule is O=C(N/N=C/c1ccccc1O)c1cc(-c2cccs2)[nH]n1. The molecule has 0 saturated heterocycles. The Labute approximate surface area is 130 Å². The molecule has 0 atom stereocenters. The normalized spacial score (nSPS) is 10.9. The van der Waals surface area contributed by atoms with Gasteiger partial charge in [0.15, 0.2) is 5.69 Å². The van der Waals surface area contributed by atoms with Crippen LogP contribution in [0, 0.1) is 0 Å². The van der Waals surface area contributed by atoms with Gasteiger partial charge in [-0.15, -0.1) is 11.3 Å². The Hall–Kier alpha value is -2.93. The molecule has 22 heavy (non-hydrogen) atoms. The van der Waals surface area contributed by atoms with Crippen molar-refractivity contribution in [2.24, 2.45) is 5.10 Å². The Morgan fingerprint density at radius 2 is 2.18 bits per heavy atom. The van der Waals surface area contributed by atoms with Gasteiger partial charge in [-0.05, 0) is 29.6 Å². The van der Waals surface area contributed by atoms with Crippen molar-refractivity contribution in [3.05, 3.63) is 59.1 Å². The second kappa shape index (κ2) is 6.23. The summed E-state index contributed by atoms with van der Waals surface area (Å²) in [7, 11) is 0. The molecule has 2 heterocycles. The minimum atomic E-state index is -0.425. The fourth-order valence-electron chi connectivity index (χ4n) is 1.81. The van der Waals surface area contributed by atoms with Crippen molar-refractivity contribution in [2.75, 3.05) is 0 Å². The van der Waals surface area contributed by atoms with Gasteiger partial charge in [-0.1, -0.05) is 18.2 Å². The molecular weight excluding hydrogens is 300 g/mol. The molecule has 3 N–H and O–H groups in total. The average Bonchev–Trinajstić information content (AvgIpc) is 3.20. The summed E-state index contributed by atoms with van der Waals surface area (Å²) in [5.41, 5.74) is 3.92. The second-order valence-corrected chi connectivity index (χ2v) is 5.35. The van der Waals surface area contributed by atoms with E-state index in [2.05, 4.69) is 20.7 Å². The van der Waals surface area contributed by atoms with Gasteiger partial charge in [-0.3, -0.25) is 9.89 Å². The molecule has 0 radical (unpaired) electrons. The number of amides is 1. The molecule has 6 nitrogen and oxygen atoms in total. The fraction of sp³-hybridized carbons (Fsp3) is 0. The van der Waals surface area contributed by atoms with E-state index >= 15 is 0 Å². The molecule has 0 aliphatic heterocycles. The van der Waals surface area contributed by atoms with E-state index < -0.39 is 5.91 Å². The number of aromatic amines is 1. The Bertz CT molecular complexity index is 809. The molecule has 1 aromatic carbocycles. The first-order chi connectivity index (χ1) is 10.7. The van der Waals surface area contributed by atoms with Crippen LogP contribution < -0.4 is 5.43 Å². The molecule has 110 valence electrons. The Morgan fingerprint density at radius 1 is 1.32 bits per heavy atom. The molecule has 3 rings (SSSR count). The fourth-order valence-corrected chi connectivity index (χ4v) is 2.50. The van der Waals surface area contributed by atoms with Crippen molar-refractivity contribution >= 4 is 23.5 Å². The topological polar surface area (TPSA) is 90.4 Å². The summed E-state index contributed by atoms with van der Waals surface area (Å²) in [5.74, 6) is -0.328. The number of thiophene rings is 1. The van der Waals surface area contributed by atoms with Crippen molar-refractivity contribution in [2.45, 2.75) is 0 Å². The number of benzene rings is 1. The van der Waals surface area contributed by atoms with E-state index in [1.165, 1.54) is 6.21 Å². The van der Waals surface area contributed by atoms with Crippen molar-refractivity contribution in [3.8, 4) is 16.3 Å². The number of nitrogens with zero attached hydrogens (tertiary/aromatic N) is 2. The monoisotopic (exact) mass is 312 g/mol. The summed E-state index contributed by atoms with van der Waals surface area (Å²) in [4.78, 5) is 12.9. The van der Waals surface area contributed by atoms with Crippen LogP contribution in [0.2, 0.25) is 0 Å². The van der Waals surface area contributed by atoms with Crippen LogP contribution in [0.4, 0.5) is 0 Å². The maximum Gasteiger partial charge on any atom is 0.291 e. The van der Waals surface area contributed by atoms with E-state index in [-0.39, 0.29) is 11.4 Å². The van der Waals surface area contributed by atoms with Gasteiger partial charge in [0, 0.05) is 5.56 Å². The number of nitrogens with one attached hydrogen (secondary N) is 2. The van der Waals surface area contributed by atoms with Crippen LogP contribution in [0.1, 0.15) is 16.1 Å². The number of hydrogen-bond donors (Lipinski definition) is 3. The lowest BCUT2D eigenvalue weighted by molar-refractivity contribution is 0.0950. The molecule has 0 bridgehead atoms. The average molecular weight is 312 g/mol. The van der Waals surface area contributed by atoms with Crippen molar-refractivity contribution < 1.29 is 9.90 Å². The molecule has 2 aromatic heterocycles. The Kier molecular flexibility index (Phi) is 3.97. The van der Waals surface area contributed by atoms with Crippen LogP contribution in [-0.4, -0.2) is 27.4 Å². The third kappa shape index (κ3) is 3.04. The van der Waals surface area contributed by atoms with E-state index in [1.54, 1.807) is 41.7 Å². The van der Waals surface area contributed by atoms with Gasteiger partial charge < -0.3 is 5.11 Å². The van der Waals surface area contributed by atoms with Gasteiger partial charge in [0.1, 0.15) is 5.75 Å². The zero-order chi connectivity index (χ0) is 15.4. The summed E-state index contributed by atoms with van der Waals surface area (Å²) in [5, 5.41) is 22.1. The highest BCUT2D eigenvalue weighted by Crippen LogP contribution is 2.22. The molecular formula is C15H12N4O2S. The summed E-state index contributed by atoms with van der Waals surface area (Å²) in [6, 6.07) is 12.2. The first kappa shape index (κ1) is 14.0. The van der Waals surface area contributed by atoms with Gasteiger partial charge in [-0.2, -0.15) is 10.2 Å². The predicted molar refractivity (Wildman–Crippen MR) is 85.1 cm³/mol. The molecule has 0 aliphatic carbocycles. The quantitative estimate of drug-likeness (QED) is 0.511. The van der Waals surface area contributed by atoms with Crippen LogP contribution in [0.15, 0.2) is 52.9 Å².